The third-order valence-electron chi connectivity index (χ3n) is 6.65. The maximum atomic E-state index is 13.2. The van der Waals surface area contributed by atoms with Gasteiger partial charge in [-0.15, -0.1) is 11.3 Å². The van der Waals surface area contributed by atoms with E-state index in [1.54, 1.807) is 24.3 Å². The summed E-state index contributed by atoms with van der Waals surface area (Å²) in [6.45, 7) is -0.342. The molecule has 34 heavy (non-hydrogen) atoms. The van der Waals surface area contributed by atoms with E-state index in [-0.39, 0.29) is 36.1 Å². The lowest BCUT2D eigenvalue weighted by Gasteiger charge is -2.15. The molecule has 0 spiro atoms. The summed E-state index contributed by atoms with van der Waals surface area (Å²) in [4.78, 5) is 53.8. The molecule has 2 N–H and O–H groups in total. The van der Waals surface area contributed by atoms with Crippen molar-refractivity contribution in [2.75, 3.05) is 17.2 Å². The number of amides is 4. The summed E-state index contributed by atoms with van der Waals surface area (Å²) < 4.78 is 0. The Kier molecular flexibility index (Phi) is 6.27. The first-order valence-corrected chi connectivity index (χ1v) is 12.6. The monoisotopic (exact) mass is 497 g/mol. The van der Waals surface area contributed by atoms with Crippen molar-refractivity contribution in [3.8, 4) is 0 Å². The second-order valence-electron chi connectivity index (χ2n) is 8.84. The number of benzene rings is 1. The molecule has 2 atom stereocenters. The average molecular weight is 498 g/mol. The molecule has 0 bridgehead atoms. The number of halogens is 1. The molecule has 176 valence electrons. The Morgan fingerprint density at radius 3 is 2.29 bits per heavy atom. The molecule has 1 saturated heterocycles. The van der Waals surface area contributed by atoms with E-state index in [0.717, 1.165) is 41.0 Å². The van der Waals surface area contributed by atoms with Gasteiger partial charge in [0.2, 0.25) is 17.7 Å². The van der Waals surface area contributed by atoms with Gasteiger partial charge in [-0.3, -0.25) is 24.1 Å². The fraction of sp³-hybridized carbons (Fsp3) is 0.360. The smallest absolute Gasteiger partial charge is 0.258 e. The predicted molar refractivity (Wildman–Crippen MR) is 131 cm³/mol. The zero-order chi connectivity index (χ0) is 23.8. The van der Waals surface area contributed by atoms with Crippen LogP contribution in [0.15, 0.2) is 36.4 Å². The molecule has 7 nitrogen and oxygen atoms in total. The van der Waals surface area contributed by atoms with Gasteiger partial charge in [0.1, 0.15) is 11.5 Å². The lowest BCUT2D eigenvalue weighted by atomic mass is 9.85. The summed E-state index contributed by atoms with van der Waals surface area (Å²) in [6, 6.07) is 6.83. The Balaban J connectivity index is 1.35. The molecule has 0 saturated carbocycles. The minimum atomic E-state index is -0.479. The normalized spacial score (nSPS) is 21.3. The summed E-state index contributed by atoms with van der Waals surface area (Å²) in [5.41, 5.74) is 2.02. The summed E-state index contributed by atoms with van der Waals surface area (Å²) in [5.74, 6) is -2.11. The third kappa shape index (κ3) is 4.28. The van der Waals surface area contributed by atoms with Crippen LogP contribution in [0.5, 0.6) is 0 Å². The molecule has 1 aromatic carbocycles. The number of likely N-dealkylation sites (tertiary alicyclic amines) is 1. The number of thiophene rings is 1. The summed E-state index contributed by atoms with van der Waals surface area (Å²) >= 11 is 7.34. The molecule has 5 rings (SSSR count). The molecular formula is C25H24ClN3O4S. The van der Waals surface area contributed by atoms with E-state index < -0.39 is 5.91 Å². The van der Waals surface area contributed by atoms with Crippen LogP contribution >= 0.6 is 22.9 Å². The highest BCUT2D eigenvalue weighted by Crippen LogP contribution is 2.39. The zero-order valence-corrected chi connectivity index (χ0v) is 20.0. The number of allylic oxidation sites excluding steroid dienone is 2. The highest BCUT2D eigenvalue weighted by atomic mass is 35.5. The molecule has 1 aromatic heterocycles. The van der Waals surface area contributed by atoms with E-state index in [0.29, 0.717) is 34.1 Å². The summed E-state index contributed by atoms with van der Waals surface area (Å²) in [7, 11) is 0. The first kappa shape index (κ1) is 22.8. The van der Waals surface area contributed by atoms with Gasteiger partial charge in [-0.2, -0.15) is 0 Å². The van der Waals surface area contributed by atoms with Gasteiger partial charge in [-0.25, -0.2) is 0 Å². The van der Waals surface area contributed by atoms with E-state index in [1.165, 1.54) is 11.3 Å². The highest BCUT2D eigenvalue weighted by Gasteiger charge is 2.47. The van der Waals surface area contributed by atoms with Crippen molar-refractivity contribution in [3.63, 3.8) is 0 Å². The molecule has 2 aliphatic carbocycles. The molecule has 2 aromatic rings. The van der Waals surface area contributed by atoms with Gasteiger partial charge in [0.25, 0.3) is 5.91 Å². The highest BCUT2D eigenvalue weighted by molar-refractivity contribution is 7.17. The Morgan fingerprint density at radius 2 is 1.62 bits per heavy atom. The second kappa shape index (κ2) is 9.35. The fourth-order valence-corrected chi connectivity index (χ4v) is 6.38. The minimum Gasteiger partial charge on any atom is -0.322 e. The number of anilines is 2. The number of aryl methyl sites for hydroxylation is 1. The van der Waals surface area contributed by atoms with Gasteiger partial charge >= 0.3 is 0 Å². The minimum absolute atomic E-state index is 0.291. The van der Waals surface area contributed by atoms with Crippen LogP contribution in [-0.4, -0.2) is 35.1 Å². The van der Waals surface area contributed by atoms with Crippen molar-refractivity contribution in [2.24, 2.45) is 11.8 Å². The van der Waals surface area contributed by atoms with E-state index in [1.807, 2.05) is 12.2 Å². The van der Waals surface area contributed by atoms with Crippen LogP contribution in [0.1, 0.15) is 46.5 Å². The Morgan fingerprint density at radius 1 is 0.971 bits per heavy atom. The van der Waals surface area contributed by atoms with Crippen LogP contribution in [-0.2, 0) is 27.2 Å². The summed E-state index contributed by atoms with van der Waals surface area (Å²) in [5, 5.41) is 6.75. The second-order valence-corrected chi connectivity index (χ2v) is 10.4. The Labute approximate surface area is 206 Å². The zero-order valence-electron chi connectivity index (χ0n) is 18.4. The average Bonchev–Trinajstić information content (AvgIpc) is 3.31. The van der Waals surface area contributed by atoms with Crippen molar-refractivity contribution < 1.29 is 19.2 Å². The van der Waals surface area contributed by atoms with Gasteiger partial charge in [-0.05, 0) is 68.4 Å². The van der Waals surface area contributed by atoms with Gasteiger partial charge in [0, 0.05) is 15.6 Å². The summed E-state index contributed by atoms with van der Waals surface area (Å²) in [6.07, 6.45) is 8.52. The van der Waals surface area contributed by atoms with Crippen LogP contribution in [0.25, 0.3) is 0 Å². The van der Waals surface area contributed by atoms with Crippen molar-refractivity contribution in [1.29, 1.82) is 0 Å². The van der Waals surface area contributed by atoms with E-state index in [4.69, 9.17) is 11.6 Å². The molecular weight excluding hydrogens is 474 g/mol. The van der Waals surface area contributed by atoms with Crippen molar-refractivity contribution in [2.45, 2.75) is 38.5 Å². The van der Waals surface area contributed by atoms with Crippen LogP contribution in [0.3, 0.4) is 0 Å². The maximum absolute atomic E-state index is 13.2. The molecule has 1 aliphatic heterocycles. The van der Waals surface area contributed by atoms with E-state index >= 15 is 0 Å². The molecule has 1 fully saturated rings. The van der Waals surface area contributed by atoms with Crippen molar-refractivity contribution in [1.82, 2.24) is 4.90 Å². The fourth-order valence-electron chi connectivity index (χ4n) is 4.96. The standard InChI is InChI=1S/C25H24ClN3O4S/c26-14-9-11-15(12-10-14)27-22(31)21-18-7-3-4-8-19(18)34-23(21)28-20(30)13-29-24(32)16-5-1-2-6-17(16)25(29)33/h1-2,9-12,16-17H,3-8,13H2,(H,27,31)(H,28,30). The van der Waals surface area contributed by atoms with Crippen LogP contribution in [0.4, 0.5) is 10.7 Å². The molecule has 2 unspecified atom stereocenters. The maximum Gasteiger partial charge on any atom is 0.258 e. The molecule has 9 heteroatoms. The number of imide groups is 1. The third-order valence-corrected chi connectivity index (χ3v) is 8.11. The van der Waals surface area contributed by atoms with Crippen LogP contribution < -0.4 is 10.6 Å². The number of fused-ring (bicyclic) bond motifs is 2. The van der Waals surface area contributed by atoms with Crippen LogP contribution in [0.2, 0.25) is 5.02 Å². The van der Waals surface area contributed by atoms with Gasteiger partial charge in [0.15, 0.2) is 0 Å². The van der Waals surface area contributed by atoms with Crippen molar-refractivity contribution >= 4 is 57.3 Å². The van der Waals surface area contributed by atoms with Gasteiger partial charge in [0.05, 0.1) is 17.4 Å². The SMILES string of the molecule is O=C(CN1C(=O)C2CC=CCC2C1=O)Nc1sc2c(c1C(=O)Nc1ccc(Cl)cc1)CCCC2. The molecule has 0 radical (unpaired) electrons. The number of carbonyl (C=O) groups is 4. The number of carbonyl (C=O) groups excluding carboxylic acids is 4. The molecule has 3 aliphatic rings. The number of nitrogens with one attached hydrogen (secondary N) is 2. The predicted octanol–water partition coefficient (Wildman–Crippen LogP) is 4.42. The first-order chi connectivity index (χ1) is 16.4. The lowest BCUT2D eigenvalue weighted by molar-refractivity contribution is -0.142. The quantitative estimate of drug-likeness (QED) is 0.472. The van der Waals surface area contributed by atoms with E-state index in [2.05, 4.69) is 10.6 Å². The number of nitrogens with zero attached hydrogens (tertiary/aromatic N) is 1. The number of rotatable bonds is 5. The Bertz CT molecular complexity index is 1180. The van der Waals surface area contributed by atoms with E-state index in [9.17, 15) is 19.2 Å². The number of hydrogen-bond donors (Lipinski definition) is 2. The van der Waals surface area contributed by atoms with Gasteiger partial charge < -0.3 is 10.6 Å². The molecule has 4 amide bonds. The van der Waals surface area contributed by atoms with Crippen molar-refractivity contribution in [3.05, 3.63) is 57.4 Å². The lowest BCUT2D eigenvalue weighted by Crippen LogP contribution is -2.38. The Hall–Kier alpha value is -2.97. The van der Waals surface area contributed by atoms with Crippen LogP contribution in [0, 0.1) is 11.8 Å². The molecule has 2 heterocycles. The first-order valence-electron chi connectivity index (χ1n) is 11.4. The number of hydrogen-bond acceptors (Lipinski definition) is 5. The largest absolute Gasteiger partial charge is 0.322 e. The van der Waals surface area contributed by atoms with Gasteiger partial charge in [-0.1, -0.05) is 23.8 Å². The topological polar surface area (TPSA) is 95.6 Å².